The molecule has 1 atom stereocenters. The standard InChI is InChI=1S/C18H24N4O4/c1-9-7-8-12(15(19)23)14(20-9)13-11(3)25-16(22-13)10(2)21-17(24)26-18(4,5)6/h7-8,10H,1-6H3,(H2,19,23)(H,21,24)/t10-/m0/s1. The molecule has 0 fully saturated rings. The van der Waals surface area contributed by atoms with Crippen molar-refractivity contribution in [3.8, 4) is 11.4 Å². The van der Waals surface area contributed by atoms with Gasteiger partial charge >= 0.3 is 6.09 Å². The lowest BCUT2D eigenvalue weighted by Crippen LogP contribution is -2.34. The number of oxazole rings is 1. The number of carbonyl (C=O) groups excluding carboxylic acids is 2. The van der Waals surface area contributed by atoms with Gasteiger partial charge in [-0.25, -0.2) is 9.78 Å². The summed E-state index contributed by atoms with van der Waals surface area (Å²) in [5.41, 5.74) is 6.57. The molecule has 3 N–H and O–H groups in total. The van der Waals surface area contributed by atoms with Gasteiger partial charge in [-0.05, 0) is 53.7 Å². The molecule has 0 unspecified atom stereocenters. The van der Waals surface area contributed by atoms with Gasteiger partial charge < -0.3 is 20.2 Å². The maximum absolute atomic E-state index is 11.9. The van der Waals surface area contributed by atoms with E-state index >= 15 is 0 Å². The van der Waals surface area contributed by atoms with Crippen molar-refractivity contribution in [3.63, 3.8) is 0 Å². The molecule has 2 amide bonds. The third-order valence-corrected chi connectivity index (χ3v) is 3.44. The maximum Gasteiger partial charge on any atom is 0.408 e. The summed E-state index contributed by atoms with van der Waals surface area (Å²) >= 11 is 0. The van der Waals surface area contributed by atoms with Gasteiger partial charge in [0.25, 0.3) is 5.91 Å². The van der Waals surface area contributed by atoms with Crippen molar-refractivity contribution in [3.05, 3.63) is 35.0 Å². The molecular weight excluding hydrogens is 336 g/mol. The minimum Gasteiger partial charge on any atom is -0.444 e. The Hall–Kier alpha value is -2.90. The first-order valence-electron chi connectivity index (χ1n) is 8.22. The van der Waals surface area contributed by atoms with Crippen LogP contribution in [0.15, 0.2) is 16.5 Å². The van der Waals surface area contributed by atoms with Crippen LogP contribution in [0.3, 0.4) is 0 Å². The maximum atomic E-state index is 11.9. The Morgan fingerprint density at radius 2 is 1.85 bits per heavy atom. The summed E-state index contributed by atoms with van der Waals surface area (Å²) in [6.45, 7) is 10.6. The third-order valence-electron chi connectivity index (χ3n) is 3.44. The Labute approximate surface area is 152 Å². The first kappa shape index (κ1) is 19.4. The van der Waals surface area contributed by atoms with Crippen LogP contribution < -0.4 is 11.1 Å². The van der Waals surface area contributed by atoms with Gasteiger partial charge in [-0.2, -0.15) is 0 Å². The van der Waals surface area contributed by atoms with Crippen molar-refractivity contribution in [2.75, 3.05) is 0 Å². The number of hydrogen-bond donors (Lipinski definition) is 2. The van der Waals surface area contributed by atoms with Crippen molar-refractivity contribution in [1.29, 1.82) is 0 Å². The average molecular weight is 360 g/mol. The molecule has 0 aliphatic heterocycles. The Morgan fingerprint density at radius 3 is 2.42 bits per heavy atom. The first-order chi connectivity index (χ1) is 12.0. The van der Waals surface area contributed by atoms with Gasteiger partial charge in [0.15, 0.2) is 0 Å². The van der Waals surface area contributed by atoms with Gasteiger partial charge in [0.2, 0.25) is 5.89 Å². The molecule has 26 heavy (non-hydrogen) atoms. The largest absolute Gasteiger partial charge is 0.444 e. The van der Waals surface area contributed by atoms with E-state index in [2.05, 4.69) is 15.3 Å². The number of primary amides is 1. The molecular formula is C18H24N4O4. The highest BCUT2D eigenvalue weighted by atomic mass is 16.6. The molecule has 0 aromatic carbocycles. The van der Waals surface area contributed by atoms with Crippen LogP contribution in [-0.4, -0.2) is 27.6 Å². The Kier molecular flexibility index (Phi) is 5.34. The third kappa shape index (κ3) is 4.59. The van der Waals surface area contributed by atoms with Crippen LogP contribution in [0.25, 0.3) is 11.4 Å². The van der Waals surface area contributed by atoms with Gasteiger partial charge in [0.05, 0.1) is 5.56 Å². The summed E-state index contributed by atoms with van der Waals surface area (Å²) in [6.07, 6.45) is -0.575. The molecule has 0 saturated heterocycles. The molecule has 0 saturated carbocycles. The topological polar surface area (TPSA) is 120 Å². The van der Waals surface area contributed by atoms with Gasteiger partial charge in [-0.1, -0.05) is 0 Å². The van der Waals surface area contributed by atoms with Crippen LogP contribution in [0.2, 0.25) is 0 Å². The van der Waals surface area contributed by atoms with Gasteiger partial charge in [-0.15, -0.1) is 0 Å². The number of aryl methyl sites for hydroxylation is 2. The molecule has 2 heterocycles. The molecule has 140 valence electrons. The van der Waals surface area contributed by atoms with Gasteiger partial charge in [0, 0.05) is 5.69 Å². The number of ether oxygens (including phenoxy) is 1. The van der Waals surface area contributed by atoms with E-state index in [0.29, 0.717) is 22.8 Å². The van der Waals surface area contributed by atoms with Crippen LogP contribution in [0.1, 0.15) is 61.4 Å². The Morgan fingerprint density at radius 1 is 1.19 bits per heavy atom. The second-order valence-corrected chi connectivity index (χ2v) is 7.04. The molecule has 0 radical (unpaired) electrons. The van der Waals surface area contributed by atoms with Crippen molar-refractivity contribution < 1.29 is 18.7 Å². The van der Waals surface area contributed by atoms with E-state index in [9.17, 15) is 9.59 Å². The zero-order chi connectivity index (χ0) is 19.6. The quantitative estimate of drug-likeness (QED) is 0.864. The average Bonchev–Trinajstić information content (AvgIpc) is 2.86. The number of aromatic nitrogens is 2. The number of carbonyl (C=O) groups is 2. The highest BCUT2D eigenvalue weighted by molar-refractivity contribution is 5.98. The van der Waals surface area contributed by atoms with E-state index in [1.54, 1.807) is 53.7 Å². The van der Waals surface area contributed by atoms with Gasteiger partial charge in [-0.3, -0.25) is 9.78 Å². The Balaban J connectivity index is 2.31. The Bertz CT molecular complexity index is 836. The highest BCUT2D eigenvalue weighted by Gasteiger charge is 2.24. The SMILES string of the molecule is Cc1ccc(C(N)=O)c(-c2nc([C@H](C)NC(=O)OC(C)(C)C)oc2C)n1. The normalized spacial score (nSPS) is 12.5. The number of amides is 2. The van der Waals surface area contributed by atoms with Crippen LogP contribution in [-0.2, 0) is 4.74 Å². The number of alkyl carbamates (subject to hydrolysis) is 1. The summed E-state index contributed by atoms with van der Waals surface area (Å²) < 4.78 is 10.9. The predicted octanol–water partition coefficient (Wildman–Crippen LogP) is 3.04. The first-order valence-corrected chi connectivity index (χ1v) is 8.22. The van der Waals surface area contributed by atoms with Crippen LogP contribution >= 0.6 is 0 Å². The molecule has 8 heteroatoms. The summed E-state index contributed by atoms with van der Waals surface area (Å²) in [4.78, 5) is 32.4. The fourth-order valence-corrected chi connectivity index (χ4v) is 2.30. The smallest absolute Gasteiger partial charge is 0.408 e. The summed E-state index contributed by atoms with van der Waals surface area (Å²) in [6, 6.07) is 2.78. The lowest BCUT2D eigenvalue weighted by molar-refractivity contribution is 0.0500. The highest BCUT2D eigenvalue weighted by Crippen LogP contribution is 2.27. The van der Waals surface area contributed by atoms with Crippen LogP contribution in [0.5, 0.6) is 0 Å². The lowest BCUT2D eigenvalue weighted by Gasteiger charge is -2.21. The molecule has 0 bridgehead atoms. The lowest BCUT2D eigenvalue weighted by atomic mass is 10.1. The summed E-state index contributed by atoms with van der Waals surface area (Å²) in [5, 5.41) is 2.66. The summed E-state index contributed by atoms with van der Waals surface area (Å²) in [7, 11) is 0. The van der Waals surface area contributed by atoms with Crippen molar-refractivity contribution >= 4 is 12.0 Å². The number of hydrogen-bond acceptors (Lipinski definition) is 6. The van der Waals surface area contributed by atoms with Gasteiger partial charge in [0.1, 0.15) is 28.8 Å². The predicted molar refractivity (Wildman–Crippen MR) is 95.5 cm³/mol. The monoisotopic (exact) mass is 360 g/mol. The number of nitrogens with zero attached hydrogens (tertiary/aromatic N) is 2. The van der Waals surface area contributed by atoms with E-state index in [1.807, 2.05) is 0 Å². The molecule has 8 nitrogen and oxygen atoms in total. The van der Waals surface area contributed by atoms with E-state index < -0.39 is 23.6 Å². The van der Waals surface area contributed by atoms with E-state index in [-0.39, 0.29) is 11.5 Å². The zero-order valence-corrected chi connectivity index (χ0v) is 15.8. The summed E-state index contributed by atoms with van der Waals surface area (Å²) in [5.74, 6) is 0.150. The van der Waals surface area contributed by atoms with E-state index in [4.69, 9.17) is 14.9 Å². The molecule has 2 aromatic rings. The fraction of sp³-hybridized carbons (Fsp3) is 0.444. The van der Waals surface area contributed by atoms with Crippen LogP contribution in [0.4, 0.5) is 4.79 Å². The van der Waals surface area contributed by atoms with Crippen molar-refractivity contribution in [2.45, 2.75) is 53.2 Å². The van der Waals surface area contributed by atoms with E-state index in [0.717, 1.165) is 0 Å². The minimum atomic E-state index is -0.608. The number of rotatable bonds is 4. The number of pyridine rings is 1. The molecule has 2 aromatic heterocycles. The second-order valence-electron chi connectivity index (χ2n) is 7.04. The number of nitrogens with two attached hydrogens (primary N) is 1. The zero-order valence-electron chi connectivity index (χ0n) is 15.8. The number of nitrogens with one attached hydrogen (secondary N) is 1. The van der Waals surface area contributed by atoms with E-state index in [1.165, 1.54) is 0 Å². The fourth-order valence-electron chi connectivity index (χ4n) is 2.30. The molecule has 2 rings (SSSR count). The van der Waals surface area contributed by atoms with Crippen molar-refractivity contribution in [1.82, 2.24) is 15.3 Å². The minimum absolute atomic E-state index is 0.256. The van der Waals surface area contributed by atoms with Crippen LogP contribution in [0, 0.1) is 13.8 Å². The molecule has 0 spiro atoms. The molecule has 0 aliphatic carbocycles. The molecule has 0 aliphatic rings. The second kappa shape index (κ2) is 7.15. The van der Waals surface area contributed by atoms with Crippen molar-refractivity contribution in [2.24, 2.45) is 5.73 Å².